The summed E-state index contributed by atoms with van der Waals surface area (Å²) in [4.78, 5) is 31.9. The van der Waals surface area contributed by atoms with Crippen molar-refractivity contribution in [2.75, 3.05) is 17.3 Å². The summed E-state index contributed by atoms with van der Waals surface area (Å²) in [5, 5.41) is 5.45. The zero-order chi connectivity index (χ0) is 21.1. The van der Waals surface area contributed by atoms with Gasteiger partial charge in [-0.3, -0.25) is 4.79 Å². The molecule has 1 atom stereocenters. The SMILES string of the molecule is CN1C(=O)[C@@H](NC(=O)Nc2ccccc2Br)N=C(c2ccccc2)c2ccccc21. The lowest BCUT2D eigenvalue weighted by molar-refractivity contribution is -0.119. The summed E-state index contributed by atoms with van der Waals surface area (Å²) in [5.41, 5.74) is 3.68. The third kappa shape index (κ3) is 3.97. The smallest absolute Gasteiger partial charge is 0.311 e. The lowest BCUT2D eigenvalue weighted by Crippen LogP contribution is -2.47. The average molecular weight is 463 g/mol. The molecule has 4 rings (SSSR count). The van der Waals surface area contributed by atoms with Crippen LogP contribution in [-0.2, 0) is 4.79 Å². The van der Waals surface area contributed by atoms with Crippen LogP contribution in [0, 0.1) is 0 Å². The van der Waals surface area contributed by atoms with Crippen molar-refractivity contribution in [3.8, 4) is 0 Å². The maximum Gasteiger partial charge on any atom is 0.321 e. The molecule has 6 nitrogen and oxygen atoms in total. The second-order valence-corrected chi connectivity index (χ2v) is 7.59. The van der Waals surface area contributed by atoms with Crippen LogP contribution in [0.5, 0.6) is 0 Å². The molecule has 0 aromatic heterocycles. The van der Waals surface area contributed by atoms with E-state index < -0.39 is 12.2 Å². The topological polar surface area (TPSA) is 73.8 Å². The summed E-state index contributed by atoms with van der Waals surface area (Å²) >= 11 is 3.40. The third-order valence-corrected chi connectivity index (χ3v) is 5.47. The van der Waals surface area contributed by atoms with Gasteiger partial charge >= 0.3 is 6.03 Å². The second kappa shape index (κ2) is 8.51. The highest BCUT2D eigenvalue weighted by Gasteiger charge is 2.30. The number of halogens is 1. The number of carbonyl (C=O) groups is 2. The van der Waals surface area contributed by atoms with E-state index in [0.29, 0.717) is 11.4 Å². The molecule has 1 heterocycles. The van der Waals surface area contributed by atoms with E-state index >= 15 is 0 Å². The van der Waals surface area contributed by atoms with Gasteiger partial charge in [-0.05, 0) is 34.1 Å². The number of nitrogens with one attached hydrogen (secondary N) is 2. The van der Waals surface area contributed by atoms with Crippen LogP contribution in [0.2, 0.25) is 0 Å². The number of benzodiazepines with no additional fused rings is 1. The van der Waals surface area contributed by atoms with E-state index in [2.05, 4.69) is 31.6 Å². The summed E-state index contributed by atoms with van der Waals surface area (Å²) in [6.45, 7) is 0. The standard InChI is InChI=1S/C23H19BrN4O2/c1-28-19-14-8-5-11-16(19)20(15-9-3-2-4-10-15)26-21(22(28)29)27-23(30)25-18-13-7-6-12-17(18)24/h2-14,21H,1H3,(H2,25,27,30)/t21-/m1/s1. The Balaban J connectivity index is 1.70. The van der Waals surface area contributed by atoms with Gasteiger partial charge in [-0.15, -0.1) is 0 Å². The van der Waals surface area contributed by atoms with E-state index in [0.717, 1.165) is 21.3 Å². The van der Waals surface area contributed by atoms with Gasteiger partial charge in [0.2, 0.25) is 6.17 Å². The number of hydrogen-bond donors (Lipinski definition) is 2. The predicted octanol–water partition coefficient (Wildman–Crippen LogP) is 4.41. The van der Waals surface area contributed by atoms with E-state index in [1.807, 2.05) is 72.8 Å². The Labute approximate surface area is 182 Å². The molecule has 0 aliphatic carbocycles. The number of carbonyl (C=O) groups excluding carboxylic acids is 2. The number of benzene rings is 3. The molecule has 0 spiro atoms. The minimum absolute atomic E-state index is 0.323. The molecule has 1 aliphatic rings. The molecule has 2 N–H and O–H groups in total. The Morgan fingerprint density at radius 1 is 0.967 bits per heavy atom. The van der Waals surface area contributed by atoms with Crippen molar-refractivity contribution < 1.29 is 9.59 Å². The highest BCUT2D eigenvalue weighted by molar-refractivity contribution is 9.10. The van der Waals surface area contributed by atoms with Gasteiger partial charge in [0.15, 0.2) is 0 Å². The summed E-state index contributed by atoms with van der Waals surface area (Å²) < 4.78 is 0.741. The number of rotatable bonds is 3. The van der Waals surface area contributed by atoms with Gasteiger partial charge in [-0.1, -0.05) is 60.7 Å². The molecule has 30 heavy (non-hydrogen) atoms. The average Bonchev–Trinajstić information content (AvgIpc) is 2.87. The van der Waals surface area contributed by atoms with Crippen LogP contribution in [-0.4, -0.2) is 30.9 Å². The molecule has 0 fully saturated rings. The van der Waals surface area contributed by atoms with Crippen LogP contribution in [0.3, 0.4) is 0 Å². The number of urea groups is 1. The first-order valence-corrected chi connectivity index (χ1v) is 10.2. The van der Waals surface area contributed by atoms with Crippen molar-refractivity contribution in [3.05, 3.63) is 94.5 Å². The molecule has 0 bridgehead atoms. The second-order valence-electron chi connectivity index (χ2n) is 6.74. The molecule has 1 aliphatic heterocycles. The molecule has 7 heteroatoms. The third-order valence-electron chi connectivity index (χ3n) is 4.78. The minimum Gasteiger partial charge on any atom is -0.311 e. The van der Waals surface area contributed by atoms with Crippen LogP contribution in [0.15, 0.2) is 88.3 Å². The quantitative estimate of drug-likeness (QED) is 0.604. The molecule has 0 saturated carbocycles. The predicted molar refractivity (Wildman–Crippen MR) is 122 cm³/mol. The van der Waals surface area contributed by atoms with Crippen LogP contribution in [0.1, 0.15) is 11.1 Å². The molecule has 3 aromatic carbocycles. The number of para-hydroxylation sites is 2. The molecule has 0 radical (unpaired) electrons. The number of nitrogens with zero attached hydrogens (tertiary/aromatic N) is 2. The molecule has 3 amide bonds. The minimum atomic E-state index is -1.07. The number of likely N-dealkylation sites (N-methyl/N-ethyl adjacent to an activating group) is 1. The van der Waals surface area contributed by atoms with Crippen molar-refractivity contribution in [2.45, 2.75) is 6.17 Å². The fraction of sp³-hybridized carbons (Fsp3) is 0.0870. The Bertz CT molecular complexity index is 1130. The summed E-state index contributed by atoms with van der Waals surface area (Å²) in [7, 11) is 1.69. The van der Waals surface area contributed by atoms with E-state index in [1.165, 1.54) is 4.90 Å². The molecule has 0 saturated heterocycles. The van der Waals surface area contributed by atoms with Crippen LogP contribution < -0.4 is 15.5 Å². The largest absolute Gasteiger partial charge is 0.321 e. The van der Waals surface area contributed by atoms with Crippen LogP contribution >= 0.6 is 15.9 Å². The monoisotopic (exact) mass is 462 g/mol. The van der Waals surface area contributed by atoms with Crippen molar-refractivity contribution in [1.82, 2.24) is 5.32 Å². The zero-order valence-electron chi connectivity index (χ0n) is 16.2. The van der Waals surface area contributed by atoms with Crippen molar-refractivity contribution >= 4 is 45.0 Å². The number of fused-ring (bicyclic) bond motifs is 1. The van der Waals surface area contributed by atoms with Gasteiger partial charge in [-0.25, -0.2) is 9.79 Å². The van der Waals surface area contributed by atoms with E-state index in [-0.39, 0.29) is 5.91 Å². The first kappa shape index (κ1) is 19.8. The first-order valence-electron chi connectivity index (χ1n) is 9.37. The first-order chi connectivity index (χ1) is 14.5. The highest BCUT2D eigenvalue weighted by atomic mass is 79.9. The number of anilines is 2. The number of hydrogen-bond acceptors (Lipinski definition) is 3. The molecule has 150 valence electrons. The Kier molecular flexibility index (Phi) is 5.63. The van der Waals surface area contributed by atoms with Gasteiger partial charge in [0.1, 0.15) is 0 Å². The van der Waals surface area contributed by atoms with Crippen LogP contribution in [0.25, 0.3) is 0 Å². The fourth-order valence-corrected chi connectivity index (χ4v) is 3.67. The lowest BCUT2D eigenvalue weighted by atomic mass is 10.0. The lowest BCUT2D eigenvalue weighted by Gasteiger charge is -2.21. The Morgan fingerprint density at radius 3 is 2.40 bits per heavy atom. The Hall–Kier alpha value is -3.45. The van der Waals surface area contributed by atoms with E-state index in [4.69, 9.17) is 0 Å². The molecule has 0 unspecified atom stereocenters. The van der Waals surface area contributed by atoms with Gasteiger partial charge in [0.05, 0.1) is 17.1 Å². The van der Waals surface area contributed by atoms with E-state index in [1.54, 1.807) is 13.1 Å². The van der Waals surface area contributed by atoms with Crippen molar-refractivity contribution in [3.63, 3.8) is 0 Å². The molecule has 3 aromatic rings. The summed E-state index contributed by atoms with van der Waals surface area (Å²) in [6.07, 6.45) is -1.07. The van der Waals surface area contributed by atoms with Gasteiger partial charge in [0.25, 0.3) is 5.91 Å². The molecular weight excluding hydrogens is 444 g/mol. The van der Waals surface area contributed by atoms with Gasteiger partial charge in [-0.2, -0.15) is 0 Å². The maximum atomic E-state index is 13.1. The maximum absolute atomic E-state index is 13.1. The highest BCUT2D eigenvalue weighted by Crippen LogP contribution is 2.27. The van der Waals surface area contributed by atoms with Crippen molar-refractivity contribution in [2.24, 2.45) is 4.99 Å². The van der Waals surface area contributed by atoms with Gasteiger partial charge in [0, 0.05) is 22.6 Å². The van der Waals surface area contributed by atoms with Crippen molar-refractivity contribution in [1.29, 1.82) is 0 Å². The summed E-state index contributed by atoms with van der Waals surface area (Å²) in [6, 6.07) is 23.9. The normalized spacial score (nSPS) is 15.7. The van der Waals surface area contributed by atoms with E-state index in [9.17, 15) is 9.59 Å². The van der Waals surface area contributed by atoms with Crippen LogP contribution in [0.4, 0.5) is 16.2 Å². The van der Waals surface area contributed by atoms with Gasteiger partial charge < -0.3 is 15.5 Å². The molecular formula is C23H19BrN4O2. The number of aliphatic imine (C=N–C) groups is 1. The summed E-state index contributed by atoms with van der Waals surface area (Å²) in [5.74, 6) is -0.323. The fourth-order valence-electron chi connectivity index (χ4n) is 3.29. The number of amides is 3. The zero-order valence-corrected chi connectivity index (χ0v) is 17.8. The Morgan fingerprint density at radius 2 is 1.63 bits per heavy atom.